The van der Waals surface area contributed by atoms with Crippen LogP contribution < -0.4 is 11.1 Å². The third-order valence-corrected chi connectivity index (χ3v) is 2.84. The number of hydrogen-bond acceptors (Lipinski definition) is 5. The molecule has 1 atom stereocenters. The SMILES string of the molecule is COCc1cc(C(=O)NC(CN)C2CC2)no1. The predicted molar refractivity (Wildman–Crippen MR) is 60.2 cm³/mol. The van der Waals surface area contributed by atoms with E-state index in [9.17, 15) is 4.79 Å². The summed E-state index contributed by atoms with van der Waals surface area (Å²) in [5.41, 5.74) is 5.89. The summed E-state index contributed by atoms with van der Waals surface area (Å²) in [6.45, 7) is 0.766. The predicted octanol–water partition coefficient (Wildman–Crippen LogP) is 0.288. The number of nitrogens with zero attached hydrogens (tertiary/aromatic N) is 1. The highest BCUT2D eigenvalue weighted by Gasteiger charge is 2.31. The smallest absolute Gasteiger partial charge is 0.273 e. The maximum Gasteiger partial charge on any atom is 0.273 e. The second-order valence-electron chi connectivity index (χ2n) is 4.26. The van der Waals surface area contributed by atoms with Gasteiger partial charge in [0.15, 0.2) is 11.5 Å². The Morgan fingerprint density at radius 2 is 2.53 bits per heavy atom. The molecule has 2 rings (SSSR count). The van der Waals surface area contributed by atoms with E-state index in [1.54, 1.807) is 13.2 Å². The summed E-state index contributed by atoms with van der Waals surface area (Å²) in [4.78, 5) is 11.8. The van der Waals surface area contributed by atoms with Crippen molar-refractivity contribution in [1.82, 2.24) is 10.5 Å². The van der Waals surface area contributed by atoms with E-state index in [0.717, 1.165) is 12.8 Å². The van der Waals surface area contributed by atoms with E-state index in [1.165, 1.54) is 0 Å². The van der Waals surface area contributed by atoms with Gasteiger partial charge >= 0.3 is 0 Å². The van der Waals surface area contributed by atoms with E-state index in [2.05, 4.69) is 10.5 Å². The van der Waals surface area contributed by atoms with Crippen molar-refractivity contribution in [2.24, 2.45) is 11.7 Å². The molecule has 3 N–H and O–H groups in total. The number of amides is 1. The van der Waals surface area contributed by atoms with Gasteiger partial charge in [-0.3, -0.25) is 4.79 Å². The van der Waals surface area contributed by atoms with Crippen molar-refractivity contribution in [2.75, 3.05) is 13.7 Å². The van der Waals surface area contributed by atoms with Gasteiger partial charge in [-0.15, -0.1) is 0 Å². The molecule has 1 unspecified atom stereocenters. The largest absolute Gasteiger partial charge is 0.377 e. The van der Waals surface area contributed by atoms with Crippen LogP contribution in [-0.2, 0) is 11.3 Å². The minimum atomic E-state index is -0.238. The van der Waals surface area contributed by atoms with Gasteiger partial charge in [-0.2, -0.15) is 0 Å². The first-order valence-corrected chi connectivity index (χ1v) is 5.70. The van der Waals surface area contributed by atoms with Crippen molar-refractivity contribution in [3.63, 3.8) is 0 Å². The van der Waals surface area contributed by atoms with E-state index in [0.29, 0.717) is 24.8 Å². The number of ether oxygens (including phenoxy) is 1. The van der Waals surface area contributed by atoms with Crippen LogP contribution in [0.5, 0.6) is 0 Å². The van der Waals surface area contributed by atoms with Crippen LogP contribution in [0.25, 0.3) is 0 Å². The van der Waals surface area contributed by atoms with Crippen LogP contribution in [0.3, 0.4) is 0 Å². The molecular formula is C11H17N3O3. The van der Waals surface area contributed by atoms with Gasteiger partial charge in [0, 0.05) is 25.8 Å². The van der Waals surface area contributed by atoms with Crippen molar-refractivity contribution in [3.05, 3.63) is 17.5 Å². The Morgan fingerprint density at radius 3 is 3.12 bits per heavy atom. The van der Waals surface area contributed by atoms with Crippen LogP contribution in [0.15, 0.2) is 10.6 Å². The van der Waals surface area contributed by atoms with Crippen LogP contribution in [0.1, 0.15) is 29.1 Å². The zero-order chi connectivity index (χ0) is 12.3. The summed E-state index contributed by atoms with van der Waals surface area (Å²) in [5, 5.41) is 6.57. The number of rotatable bonds is 6. The monoisotopic (exact) mass is 239 g/mol. The Kier molecular flexibility index (Phi) is 3.75. The van der Waals surface area contributed by atoms with Gasteiger partial charge in [0.2, 0.25) is 0 Å². The molecule has 1 amide bonds. The highest BCUT2D eigenvalue weighted by molar-refractivity contribution is 5.92. The number of nitrogens with two attached hydrogens (primary N) is 1. The van der Waals surface area contributed by atoms with E-state index < -0.39 is 0 Å². The summed E-state index contributed by atoms with van der Waals surface area (Å²) < 4.78 is 9.84. The minimum absolute atomic E-state index is 0.0464. The van der Waals surface area contributed by atoms with Crippen molar-refractivity contribution < 1.29 is 14.1 Å². The molecule has 6 nitrogen and oxygen atoms in total. The number of carbonyl (C=O) groups is 1. The van der Waals surface area contributed by atoms with Crippen molar-refractivity contribution in [2.45, 2.75) is 25.5 Å². The molecule has 1 aromatic heterocycles. The third kappa shape index (κ3) is 3.04. The molecule has 0 aromatic carbocycles. The number of aromatic nitrogens is 1. The van der Waals surface area contributed by atoms with E-state index in [1.807, 2.05) is 0 Å². The van der Waals surface area contributed by atoms with Gasteiger partial charge in [0.25, 0.3) is 5.91 Å². The Hall–Kier alpha value is -1.40. The molecule has 1 saturated carbocycles. The van der Waals surface area contributed by atoms with Gasteiger partial charge in [0.1, 0.15) is 6.61 Å². The van der Waals surface area contributed by atoms with E-state index in [4.69, 9.17) is 15.0 Å². The van der Waals surface area contributed by atoms with Crippen LogP contribution in [-0.4, -0.2) is 30.8 Å². The van der Waals surface area contributed by atoms with Crippen molar-refractivity contribution in [3.8, 4) is 0 Å². The second-order valence-corrected chi connectivity index (χ2v) is 4.26. The fraction of sp³-hybridized carbons (Fsp3) is 0.636. The fourth-order valence-corrected chi connectivity index (χ4v) is 1.74. The molecule has 0 radical (unpaired) electrons. The Morgan fingerprint density at radius 1 is 1.76 bits per heavy atom. The number of methoxy groups -OCH3 is 1. The summed E-state index contributed by atoms with van der Waals surface area (Å²) in [6.07, 6.45) is 2.27. The fourth-order valence-electron chi connectivity index (χ4n) is 1.74. The molecule has 1 aromatic rings. The third-order valence-electron chi connectivity index (χ3n) is 2.84. The Balaban J connectivity index is 1.93. The topological polar surface area (TPSA) is 90.4 Å². The van der Waals surface area contributed by atoms with Gasteiger partial charge < -0.3 is 20.3 Å². The molecule has 0 saturated heterocycles. The molecule has 0 bridgehead atoms. The molecule has 6 heteroatoms. The molecular weight excluding hydrogens is 222 g/mol. The minimum Gasteiger partial charge on any atom is -0.377 e. The molecule has 1 aliphatic carbocycles. The van der Waals surface area contributed by atoms with Gasteiger partial charge in [0.05, 0.1) is 0 Å². The summed E-state index contributed by atoms with van der Waals surface area (Å²) in [6, 6.07) is 1.63. The average Bonchev–Trinajstić information content (AvgIpc) is 3.06. The molecule has 1 heterocycles. The molecule has 1 fully saturated rings. The zero-order valence-corrected chi connectivity index (χ0v) is 9.81. The van der Waals surface area contributed by atoms with E-state index >= 15 is 0 Å². The number of nitrogens with one attached hydrogen (secondary N) is 1. The quantitative estimate of drug-likeness (QED) is 0.744. The normalized spacial score (nSPS) is 16.8. The van der Waals surface area contributed by atoms with Gasteiger partial charge in [-0.25, -0.2) is 0 Å². The first-order valence-electron chi connectivity index (χ1n) is 5.70. The second kappa shape index (κ2) is 5.29. The molecule has 94 valence electrons. The molecule has 0 spiro atoms. The highest BCUT2D eigenvalue weighted by atomic mass is 16.5. The Labute approximate surface area is 99.5 Å². The lowest BCUT2D eigenvalue weighted by Gasteiger charge is -2.14. The first kappa shape index (κ1) is 12.1. The average molecular weight is 239 g/mol. The van der Waals surface area contributed by atoms with Crippen molar-refractivity contribution >= 4 is 5.91 Å². The maximum atomic E-state index is 11.8. The van der Waals surface area contributed by atoms with Gasteiger partial charge in [-0.1, -0.05) is 5.16 Å². The van der Waals surface area contributed by atoms with Crippen LogP contribution >= 0.6 is 0 Å². The molecule has 1 aliphatic rings. The molecule has 17 heavy (non-hydrogen) atoms. The van der Waals surface area contributed by atoms with Crippen molar-refractivity contribution in [1.29, 1.82) is 0 Å². The number of hydrogen-bond donors (Lipinski definition) is 2. The lowest BCUT2D eigenvalue weighted by molar-refractivity contribution is 0.0923. The highest BCUT2D eigenvalue weighted by Crippen LogP contribution is 2.32. The lowest BCUT2D eigenvalue weighted by Crippen LogP contribution is -2.41. The van der Waals surface area contributed by atoms with Crippen LogP contribution in [0, 0.1) is 5.92 Å². The first-order chi connectivity index (χ1) is 8.24. The maximum absolute atomic E-state index is 11.8. The summed E-state index contributed by atoms with van der Waals surface area (Å²) >= 11 is 0. The van der Waals surface area contributed by atoms with E-state index in [-0.39, 0.29) is 17.6 Å². The van der Waals surface area contributed by atoms with Gasteiger partial charge in [-0.05, 0) is 18.8 Å². The lowest BCUT2D eigenvalue weighted by atomic mass is 10.2. The Bertz CT molecular complexity index is 387. The molecule has 0 aliphatic heterocycles. The summed E-state index contributed by atoms with van der Waals surface area (Å²) in [7, 11) is 1.56. The van der Waals surface area contributed by atoms with Crippen LogP contribution in [0.4, 0.5) is 0 Å². The standard InChI is InChI=1S/C11H17N3O3/c1-16-6-8-4-9(14-17-8)11(15)13-10(5-12)7-2-3-7/h4,7,10H,2-3,5-6,12H2,1H3,(H,13,15). The summed E-state index contributed by atoms with van der Waals surface area (Å²) in [5.74, 6) is 0.820. The zero-order valence-electron chi connectivity index (χ0n) is 9.81. The van der Waals surface area contributed by atoms with Crippen LogP contribution in [0.2, 0.25) is 0 Å². The number of carbonyl (C=O) groups excluding carboxylic acids is 1.